The Balaban J connectivity index is 0.00000141. The summed E-state index contributed by atoms with van der Waals surface area (Å²) >= 11 is 13.0. The van der Waals surface area contributed by atoms with Gasteiger partial charge in [-0.1, -0.05) is 68.3 Å². The molecule has 0 unspecified atom stereocenters. The van der Waals surface area contributed by atoms with Crippen molar-refractivity contribution in [1.29, 1.82) is 0 Å². The van der Waals surface area contributed by atoms with Crippen molar-refractivity contribution in [1.82, 2.24) is 14.7 Å². The predicted octanol–water partition coefficient (Wildman–Crippen LogP) is 8.55. The lowest BCUT2D eigenvalue weighted by molar-refractivity contribution is -0.122. The summed E-state index contributed by atoms with van der Waals surface area (Å²) in [6.45, 7) is 7.34. The number of amides is 1. The highest BCUT2D eigenvalue weighted by Crippen LogP contribution is 2.38. The molecule has 1 heterocycles. The average Bonchev–Trinajstić information content (AvgIpc) is 3.35. The summed E-state index contributed by atoms with van der Waals surface area (Å²) in [6, 6.07) is 3.51. The average molecular weight is 599 g/mol. The number of carbonyl (C=O) groups is 2. The SMILES string of the molecule is C=C(CN(CC1CCCCC1)C(=O)c1cnn(C2CCCCC2)c1C(C)(F)F)c1c(Cl)cc(C)cc1Cl.O=CO. The van der Waals surface area contributed by atoms with Gasteiger partial charge in [0.25, 0.3) is 18.3 Å². The molecule has 0 aliphatic heterocycles. The van der Waals surface area contributed by atoms with Crippen molar-refractivity contribution in [3.05, 3.63) is 57.3 Å². The second-order valence-corrected chi connectivity index (χ2v) is 11.8. The molecule has 0 bridgehead atoms. The maximum Gasteiger partial charge on any atom is 0.290 e. The van der Waals surface area contributed by atoms with Gasteiger partial charge in [0.15, 0.2) is 0 Å². The van der Waals surface area contributed by atoms with Crippen LogP contribution in [-0.2, 0) is 10.7 Å². The van der Waals surface area contributed by atoms with E-state index in [9.17, 15) is 4.79 Å². The molecule has 2 aromatic rings. The highest BCUT2D eigenvalue weighted by atomic mass is 35.5. The van der Waals surface area contributed by atoms with E-state index in [1.54, 1.807) is 4.90 Å². The summed E-state index contributed by atoms with van der Waals surface area (Å²) in [5.41, 5.74) is 1.79. The zero-order valence-corrected chi connectivity index (χ0v) is 24.8. The van der Waals surface area contributed by atoms with Crippen LogP contribution >= 0.6 is 23.2 Å². The van der Waals surface area contributed by atoms with Crippen LogP contribution in [0.5, 0.6) is 0 Å². The van der Waals surface area contributed by atoms with Crippen molar-refractivity contribution < 1.29 is 23.5 Å². The van der Waals surface area contributed by atoms with Gasteiger partial charge in [-0.3, -0.25) is 14.3 Å². The van der Waals surface area contributed by atoms with Gasteiger partial charge >= 0.3 is 0 Å². The van der Waals surface area contributed by atoms with Gasteiger partial charge in [-0.2, -0.15) is 13.9 Å². The molecule has 2 aliphatic rings. The minimum atomic E-state index is -3.20. The molecule has 1 amide bonds. The van der Waals surface area contributed by atoms with Crippen LogP contribution in [0.2, 0.25) is 10.0 Å². The van der Waals surface area contributed by atoms with Crippen molar-refractivity contribution in [3.63, 3.8) is 0 Å². The number of benzene rings is 1. The summed E-state index contributed by atoms with van der Waals surface area (Å²) in [7, 11) is 0. The molecule has 10 heteroatoms. The molecule has 2 aliphatic carbocycles. The molecule has 1 aromatic heterocycles. The topological polar surface area (TPSA) is 75.4 Å². The van der Waals surface area contributed by atoms with Gasteiger partial charge < -0.3 is 10.0 Å². The molecule has 0 radical (unpaired) electrons. The lowest BCUT2D eigenvalue weighted by atomic mass is 9.88. The molecule has 40 heavy (non-hydrogen) atoms. The molecule has 0 saturated heterocycles. The Kier molecular flexibility index (Phi) is 11.6. The Bertz CT molecular complexity index is 1160. The van der Waals surface area contributed by atoms with Gasteiger partial charge in [0, 0.05) is 35.6 Å². The number of aryl methyl sites for hydroxylation is 1. The fourth-order valence-corrected chi connectivity index (χ4v) is 6.84. The zero-order valence-electron chi connectivity index (χ0n) is 23.3. The maximum atomic E-state index is 15.0. The Hall–Kier alpha value is -2.45. The molecule has 4 rings (SSSR count). The molecule has 220 valence electrons. The minimum Gasteiger partial charge on any atom is -0.483 e. The van der Waals surface area contributed by atoms with Crippen LogP contribution in [0.25, 0.3) is 5.57 Å². The van der Waals surface area contributed by atoms with Gasteiger partial charge in [0.05, 0.1) is 17.8 Å². The number of halogens is 4. The van der Waals surface area contributed by atoms with E-state index in [4.69, 9.17) is 33.1 Å². The van der Waals surface area contributed by atoms with Crippen LogP contribution in [0.4, 0.5) is 8.78 Å². The molecule has 1 aromatic carbocycles. The van der Waals surface area contributed by atoms with Crippen LogP contribution < -0.4 is 0 Å². The Morgan fingerprint density at radius 1 is 1.12 bits per heavy atom. The molecule has 0 atom stereocenters. The van der Waals surface area contributed by atoms with E-state index >= 15 is 8.78 Å². The van der Waals surface area contributed by atoms with Crippen LogP contribution in [0, 0.1) is 12.8 Å². The third-order valence-corrected chi connectivity index (χ3v) is 8.37. The van der Waals surface area contributed by atoms with Crippen molar-refractivity contribution in [2.45, 2.75) is 90.0 Å². The van der Waals surface area contributed by atoms with Crippen LogP contribution in [0.3, 0.4) is 0 Å². The van der Waals surface area contributed by atoms with Crippen molar-refractivity contribution in [2.24, 2.45) is 5.92 Å². The van der Waals surface area contributed by atoms with Gasteiger partial charge in [-0.15, -0.1) is 0 Å². The lowest BCUT2D eigenvalue weighted by Gasteiger charge is -2.31. The quantitative estimate of drug-likeness (QED) is 0.309. The Morgan fingerprint density at radius 3 is 2.17 bits per heavy atom. The molecule has 2 fully saturated rings. The Morgan fingerprint density at radius 2 is 1.65 bits per heavy atom. The zero-order chi connectivity index (χ0) is 29.4. The minimum absolute atomic E-state index is 0.0252. The molecular weight excluding hydrogens is 559 g/mol. The van der Waals surface area contributed by atoms with E-state index in [0.717, 1.165) is 70.3 Å². The monoisotopic (exact) mass is 597 g/mol. The first-order valence-corrected chi connectivity index (χ1v) is 14.7. The van der Waals surface area contributed by atoms with Crippen molar-refractivity contribution >= 4 is 41.2 Å². The van der Waals surface area contributed by atoms with E-state index in [-0.39, 0.29) is 30.3 Å². The summed E-state index contributed by atoms with van der Waals surface area (Å²) in [5.74, 6) is -3.33. The first-order chi connectivity index (χ1) is 19.0. The smallest absolute Gasteiger partial charge is 0.290 e. The van der Waals surface area contributed by atoms with E-state index < -0.39 is 11.8 Å². The molecule has 1 N–H and O–H groups in total. The largest absolute Gasteiger partial charge is 0.483 e. The maximum absolute atomic E-state index is 15.0. The van der Waals surface area contributed by atoms with Gasteiger partial charge in [-0.05, 0) is 61.8 Å². The lowest BCUT2D eigenvalue weighted by Crippen LogP contribution is -2.38. The number of carboxylic acid groups (broad SMARTS) is 1. The summed E-state index contributed by atoms with van der Waals surface area (Å²) in [5, 5.41) is 12.2. The third-order valence-electron chi connectivity index (χ3n) is 7.77. The number of hydrogen-bond acceptors (Lipinski definition) is 3. The van der Waals surface area contributed by atoms with E-state index in [2.05, 4.69) is 11.7 Å². The van der Waals surface area contributed by atoms with Crippen molar-refractivity contribution in [2.75, 3.05) is 13.1 Å². The molecule has 2 saturated carbocycles. The number of aromatic nitrogens is 2. The first kappa shape index (κ1) is 32.1. The summed E-state index contributed by atoms with van der Waals surface area (Å²) < 4.78 is 31.5. The Labute approximate surface area is 245 Å². The summed E-state index contributed by atoms with van der Waals surface area (Å²) in [4.78, 5) is 24.0. The van der Waals surface area contributed by atoms with E-state index in [0.29, 0.717) is 33.6 Å². The fourth-order valence-electron chi connectivity index (χ4n) is 5.98. The third kappa shape index (κ3) is 8.06. The standard InChI is InChI=1S/C29H37Cl2F2N3O.CH2O2/c1-19-14-24(30)26(25(31)15-19)20(2)17-35(18-21-10-6-4-7-11-21)28(37)23-16-34-36(27(23)29(3,32)33)22-12-8-5-9-13-22;2-1-3/h14-16,21-22H,2,4-13,17-18H2,1,3H3;1H,(H,2,3). The number of nitrogens with zero attached hydrogens (tertiary/aromatic N) is 3. The second kappa shape index (κ2) is 14.4. The predicted molar refractivity (Wildman–Crippen MR) is 155 cm³/mol. The van der Waals surface area contributed by atoms with Crippen LogP contribution in [0.15, 0.2) is 24.9 Å². The van der Waals surface area contributed by atoms with Crippen molar-refractivity contribution in [3.8, 4) is 0 Å². The molecular formula is C30H39Cl2F2N3O3. The summed E-state index contributed by atoms with van der Waals surface area (Å²) in [6.07, 6.45) is 11.4. The second-order valence-electron chi connectivity index (χ2n) is 11.0. The molecule has 6 nitrogen and oxygen atoms in total. The van der Waals surface area contributed by atoms with Gasteiger partial charge in [-0.25, -0.2) is 0 Å². The fraction of sp³-hybridized carbons (Fsp3) is 0.567. The number of hydrogen-bond donors (Lipinski definition) is 1. The normalized spacial score (nSPS) is 16.6. The van der Waals surface area contributed by atoms with Crippen LogP contribution in [-0.4, -0.2) is 45.3 Å². The van der Waals surface area contributed by atoms with Gasteiger partial charge in [0.2, 0.25) is 0 Å². The number of carbonyl (C=O) groups excluding carboxylic acids is 1. The highest BCUT2D eigenvalue weighted by molar-refractivity contribution is 6.37. The first-order valence-electron chi connectivity index (χ1n) is 13.9. The van der Waals surface area contributed by atoms with Crippen LogP contribution in [0.1, 0.15) is 104 Å². The van der Waals surface area contributed by atoms with E-state index in [1.807, 2.05) is 19.1 Å². The highest BCUT2D eigenvalue weighted by Gasteiger charge is 2.39. The van der Waals surface area contributed by atoms with E-state index in [1.165, 1.54) is 17.3 Å². The molecule has 0 spiro atoms. The number of alkyl halides is 2. The van der Waals surface area contributed by atoms with Gasteiger partial charge in [0.1, 0.15) is 5.69 Å². The number of rotatable bonds is 8.